The molecule has 0 radical (unpaired) electrons. The normalized spacial score (nSPS) is 14.9. The molecule has 6 rings (SSSR count). The van der Waals surface area contributed by atoms with Crippen LogP contribution in [-0.2, 0) is 0 Å². The number of aryl methyl sites for hydroxylation is 4. The monoisotopic (exact) mass is 574 g/mol. The van der Waals surface area contributed by atoms with E-state index in [9.17, 15) is 0 Å². The Morgan fingerprint density at radius 3 is 1.00 bits per heavy atom. The van der Waals surface area contributed by atoms with Crippen LogP contribution in [0.3, 0.4) is 0 Å². The Balaban J connectivity index is 1.99. The van der Waals surface area contributed by atoms with Crippen LogP contribution in [0.15, 0.2) is 127 Å². The van der Waals surface area contributed by atoms with Crippen LogP contribution >= 0.6 is 0 Å². The van der Waals surface area contributed by atoms with Crippen molar-refractivity contribution in [2.45, 2.75) is 53.5 Å². The fourth-order valence-electron chi connectivity index (χ4n) is 7.54. The van der Waals surface area contributed by atoms with Crippen LogP contribution in [0.25, 0.3) is 21.5 Å². The van der Waals surface area contributed by atoms with E-state index in [0.717, 1.165) is 0 Å². The fraction of sp³-hybridized carbons (Fsp3) is 0.190. The molecule has 214 valence electrons. The van der Waals surface area contributed by atoms with Crippen molar-refractivity contribution in [2.24, 2.45) is 0 Å². The molecule has 5 aromatic carbocycles. The van der Waals surface area contributed by atoms with Crippen molar-refractivity contribution in [3.63, 3.8) is 0 Å². The molecular weight excluding hydrogens is 533 g/mol. The minimum absolute atomic E-state index is 0.0536. The van der Waals surface area contributed by atoms with E-state index in [4.69, 9.17) is 0 Å². The van der Waals surface area contributed by atoms with Gasteiger partial charge in [0, 0.05) is 0 Å². The second-order valence-corrected chi connectivity index (χ2v) is 17.7. The Hall–Kier alpha value is -4.20. The maximum Gasteiger partial charge on any atom is 0.156 e. The van der Waals surface area contributed by atoms with E-state index in [-0.39, 0.29) is 5.04 Å². The molecule has 0 saturated heterocycles. The molecule has 1 heterocycles. The van der Waals surface area contributed by atoms with Gasteiger partial charge in [-0.15, -0.1) is 0 Å². The highest BCUT2D eigenvalue weighted by Gasteiger charge is 2.58. The molecule has 0 fully saturated rings. The Bertz CT molecular complexity index is 1770. The van der Waals surface area contributed by atoms with E-state index in [2.05, 4.69) is 176 Å². The van der Waals surface area contributed by atoms with Gasteiger partial charge in [0.2, 0.25) is 0 Å². The van der Waals surface area contributed by atoms with Crippen LogP contribution < -0.4 is 5.19 Å². The molecule has 0 aliphatic carbocycles. The second kappa shape index (κ2) is 11.1. The molecule has 0 nitrogen and oxygen atoms in total. The zero-order valence-electron chi connectivity index (χ0n) is 26.6. The van der Waals surface area contributed by atoms with Crippen LogP contribution in [0.1, 0.15) is 65.3 Å². The van der Waals surface area contributed by atoms with Crippen LogP contribution in [-0.4, -0.2) is 8.07 Å². The topological polar surface area (TPSA) is 0 Å². The van der Waals surface area contributed by atoms with Gasteiger partial charge in [-0.25, -0.2) is 0 Å². The Morgan fingerprint density at radius 1 is 0.372 bits per heavy atom. The van der Waals surface area contributed by atoms with Gasteiger partial charge in [0.05, 0.1) is 0 Å². The van der Waals surface area contributed by atoms with E-state index in [0.29, 0.717) is 0 Å². The molecule has 0 N–H and O–H groups in total. The lowest BCUT2D eigenvalue weighted by Crippen LogP contribution is -2.56. The highest BCUT2D eigenvalue weighted by atomic mass is 28.3. The summed E-state index contributed by atoms with van der Waals surface area (Å²) < 4.78 is 0. The molecule has 0 atom stereocenters. The lowest BCUT2D eigenvalue weighted by atomic mass is 9.85. The molecular formula is C42H42Si. The Morgan fingerprint density at radius 2 is 0.674 bits per heavy atom. The first kappa shape index (κ1) is 28.9. The van der Waals surface area contributed by atoms with Crippen molar-refractivity contribution in [3.05, 3.63) is 172 Å². The molecule has 0 unspecified atom stereocenters. The summed E-state index contributed by atoms with van der Waals surface area (Å²) in [6.07, 6.45) is 0. The lowest BCUT2D eigenvalue weighted by molar-refractivity contribution is 0.741. The van der Waals surface area contributed by atoms with Gasteiger partial charge in [-0.3, -0.25) is 0 Å². The summed E-state index contributed by atoms with van der Waals surface area (Å²) in [5.41, 5.74) is 13.5. The lowest BCUT2D eigenvalue weighted by Gasteiger charge is -2.46. The van der Waals surface area contributed by atoms with Crippen molar-refractivity contribution in [1.29, 1.82) is 0 Å². The van der Waals surface area contributed by atoms with Gasteiger partial charge in [0.1, 0.15) is 0 Å². The fourth-order valence-corrected chi connectivity index (χ4v) is 14.1. The number of hydrogen-bond donors (Lipinski definition) is 0. The maximum absolute atomic E-state index is 2.79. The maximum atomic E-state index is 2.50. The number of hydrogen-bond acceptors (Lipinski definition) is 0. The third-order valence-corrected chi connectivity index (χ3v) is 15.5. The third-order valence-electron chi connectivity index (χ3n) is 9.49. The molecule has 0 saturated carbocycles. The molecule has 43 heavy (non-hydrogen) atoms. The van der Waals surface area contributed by atoms with E-state index in [1.54, 1.807) is 0 Å². The smallest absolute Gasteiger partial charge is 0.0624 e. The summed E-state index contributed by atoms with van der Waals surface area (Å²) in [4.78, 5) is 0. The summed E-state index contributed by atoms with van der Waals surface area (Å²) in [7, 11) is -2.79. The van der Waals surface area contributed by atoms with Gasteiger partial charge in [-0.05, 0) is 104 Å². The van der Waals surface area contributed by atoms with Gasteiger partial charge in [0.15, 0.2) is 8.07 Å². The largest absolute Gasteiger partial charge is 0.156 e. The first-order valence-corrected chi connectivity index (χ1v) is 17.5. The van der Waals surface area contributed by atoms with E-state index < -0.39 is 8.07 Å². The molecule has 1 aliphatic heterocycles. The third kappa shape index (κ3) is 4.58. The molecule has 0 spiro atoms. The predicted molar refractivity (Wildman–Crippen MR) is 190 cm³/mol. The molecule has 0 aromatic heterocycles. The first-order chi connectivity index (χ1) is 20.7. The van der Waals surface area contributed by atoms with Crippen molar-refractivity contribution in [1.82, 2.24) is 0 Å². The Kier molecular flexibility index (Phi) is 7.48. The zero-order valence-corrected chi connectivity index (χ0v) is 27.6. The van der Waals surface area contributed by atoms with Gasteiger partial charge >= 0.3 is 0 Å². The summed E-state index contributed by atoms with van der Waals surface area (Å²) in [6.45, 7) is 16.6. The van der Waals surface area contributed by atoms with Crippen LogP contribution in [0.2, 0.25) is 5.04 Å². The van der Waals surface area contributed by atoms with Crippen LogP contribution in [0, 0.1) is 27.7 Å². The number of benzene rings is 5. The first-order valence-electron chi connectivity index (χ1n) is 15.5. The molecule has 5 aromatic rings. The summed E-state index contributed by atoms with van der Waals surface area (Å²) in [5.74, 6) is 0. The van der Waals surface area contributed by atoms with Crippen molar-refractivity contribution in [3.8, 4) is 0 Å². The average molecular weight is 575 g/mol. The standard InChI is InChI=1S/C42H42Si/c1-29-19-11-15-25-34(29)38-39(35-26-16-12-20-30(35)2)41(37-28-18-14-22-32(37)4)43(42(5,6)7,33-23-9-8-10-24-33)40(38)36-27-17-13-21-31(36)3/h8-28H,1-7H3. The van der Waals surface area contributed by atoms with Crippen LogP contribution in [0.5, 0.6) is 0 Å². The molecule has 1 heteroatoms. The average Bonchev–Trinajstić information content (AvgIpc) is 3.31. The van der Waals surface area contributed by atoms with Crippen LogP contribution in [0.4, 0.5) is 0 Å². The molecule has 0 amide bonds. The number of rotatable bonds is 5. The SMILES string of the molecule is Cc1ccccc1C1=C(c2ccccc2C)[Si](c2ccccc2)(C(C)(C)C)C(c2ccccc2C)=C1c1ccccc1C. The summed E-state index contributed by atoms with van der Waals surface area (Å²) in [5, 5.41) is 4.49. The zero-order chi connectivity index (χ0) is 30.4. The second-order valence-electron chi connectivity index (χ2n) is 13.1. The van der Waals surface area contributed by atoms with Gasteiger partial charge < -0.3 is 0 Å². The summed E-state index contributed by atoms with van der Waals surface area (Å²) >= 11 is 0. The van der Waals surface area contributed by atoms with Gasteiger partial charge in [-0.1, -0.05) is 148 Å². The van der Waals surface area contributed by atoms with E-state index in [1.165, 1.54) is 71.2 Å². The van der Waals surface area contributed by atoms with Crippen molar-refractivity contribution < 1.29 is 0 Å². The van der Waals surface area contributed by atoms with Crippen molar-refractivity contribution in [2.75, 3.05) is 0 Å². The van der Waals surface area contributed by atoms with Gasteiger partial charge in [0.25, 0.3) is 0 Å². The minimum Gasteiger partial charge on any atom is -0.0624 e. The Labute approximate surface area is 259 Å². The summed E-state index contributed by atoms with van der Waals surface area (Å²) in [6, 6.07) is 47.8. The molecule has 1 aliphatic rings. The quantitative estimate of drug-likeness (QED) is 0.183. The predicted octanol–water partition coefficient (Wildman–Crippen LogP) is 10.7. The van der Waals surface area contributed by atoms with Crippen molar-refractivity contribution >= 4 is 34.8 Å². The number of allylic oxidation sites excluding steroid dienone is 2. The highest BCUT2D eigenvalue weighted by molar-refractivity contribution is 7.23. The molecule has 0 bridgehead atoms. The van der Waals surface area contributed by atoms with E-state index in [1.807, 2.05) is 0 Å². The van der Waals surface area contributed by atoms with E-state index >= 15 is 0 Å². The van der Waals surface area contributed by atoms with Gasteiger partial charge in [-0.2, -0.15) is 0 Å². The minimum atomic E-state index is -2.79. The highest BCUT2D eigenvalue weighted by Crippen LogP contribution is 2.63.